The number of thiocarbonyl (C=S) groups is 1. The highest BCUT2D eigenvalue weighted by Gasteiger charge is 2.42. The topological polar surface area (TPSA) is 42.3 Å². The molecule has 5 aromatic rings. The molecule has 0 unspecified atom stereocenters. The molecule has 1 saturated heterocycles. The van der Waals surface area contributed by atoms with Gasteiger partial charge in [-0.15, -0.1) is 0 Å². The van der Waals surface area contributed by atoms with E-state index in [1.165, 1.54) is 0 Å². The highest BCUT2D eigenvalue weighted by Crippen LogP contribution is 2.43. The first kappa shape index (κ1) is 24.5. The van der Waals surface area contributed by atoms with E-state index in [1.54, 1.807) is 12.3 Å². The van der Waals surface area contributed by atoms with E-state index >= 15 is 0 Å². The second-order valence-corrected chi connectivity index (χ2v) is 10.0. The SMILES string of the molecule is S=C1N[C@@H](c2ccccn2)[C@H](c2cccn2-c2ccc(Cl)cc2Cl)N1c1ccc(Oc2ccccc2)cc1. The smallest absolute Gasteiger partial charge is 0.174 e. The fourth-order valence-electron chi connectivity index (χ4n) is 4.76. The summed E-state index contributed by atoms with van der Waals surface area (Å²) < 4.78 is 8.08. The summed E-state index contributed by atoms with van der Waals surface area (Å²) >= 11 is 18.7. The molecule has 0 radical (unpaired) electrons. The fourth-order valence-corrected chi connectivity index (χ4v) is 5.61. The number of anilines is 1. The van der Waals surface area contributed by atoms with Gasteiger partial charge < -0.3 is 19.5 Å². The zero-order valence-electron chi connectivity index (χ0n) is 20.0. The minimum Gasteiger partial charge on any atom is -0.457 e. The van der Waals surface area contributed by atoms with Crippen LogP contribution >= 0.6 is 35.4 Å². The van der Waals surface area contributed by atoms with Crippen LogP contribution in [0.3, 0.4) is 0 Å². The van der Waals surface area contributed by atoms with Gasteiger partial charge in [0.05, 0.1) is 22.4 Å². The molecular weight excluding hydrogens is 535 g/mol. The molecule has 2 aromatic heterocycles. The van der Waals surface area contributed by atoms with Crippen molar-refractivity contribution >= 4 is 46.2 Å². The maximum atomic E-state index is 6.63. The van der Waals surface area contributed by atoms with E-state index in [2.05, 4.69) is 25.8 Å². The lowest BCUT2D eigenvalue weighted by molar-refractivity contribution is 0.482. The number of benzene rings is 3. The standard InChI is InChI=1S/C30H22Cl2N4OS/c31-20-11-16-26(24(32)19-20)35-18-6-10-27(35)29-28(25-9-4-5-17-33-25)34-30(38)36(29)21-12-14-23(15-13-21)37-22-7-2-1-3-8-22/h1-19,28-29H,(H,34,38)/t28-,29-/m0/s1. The van der Waals surface area contributed by atoms with E-state index in [9.17, 15) is 0 Å². The summed E-state index contributed by atoms with van der Waals surface area (Å²) in [4.78, 5) is 6.78. The number of nitrogens with one attached hydrogen (secondary N) is 1. The lowest BCUT2D eigenvalue weighted by atomic mass is 10.0. The van der Waals surface area contributed by atoms with Crippen molar-refractivity contribution < 1.29 is 4.74 Å². The summed E-state index contributed by atoms with van der Waals surface area (Å²) in [5.74, 6) is 1.52. The largest absolute Gasteiger partial charge is 0.457 e. The van der Waals surface area contributed by atoms with Gasteiger partial charge in [0, 0.05) is 28.8 Å². The monoisotopic (exact) mass is 556 g/mol. The molecule has 1 aliphatic heterocycles. The Morgan fingerprint density at radius 1 is 0.816 bits per heavy atom. The lowest BCUT2D eigenvalue weighted by Crippen LogP contribution is -2.30. The van der Waals surface area contributed by atoms with Gasteiger partial charge in [-0.2, -0.15) is 0 Å². The Morgan fingerprint density at radius 2 is 1.58 bits per heavy atom. The van der Waals surface area contributed by atoms with E-state index < -0.39 is 0 Å². The Balaban J connectivity index is 1.42. The molecular formula is C30H22Cl2N4OS. The molecule has 5 nitrogen and oxygen atoms in total. The van der Waals surface area contributed by atoms with Crippen LogP contribution in [0.5, 0.6) is 11.5 Å². The molecule has 0 spiro atoms. The van der Waals surface area contributed by atoms with Gasteiger partial charge in [0.15, 0.2) is 5.11 Å². The predicted octanol–water partition coefficient (Wildman–Crippen LogP) is 8.15. The van der Waals surface area contributed by atoms with E-state index in [0.717, 1.165) is 34.3 Å². The van der Waals surface area contributed by atoms with Crippen LogP contribution in [0, 0.1) is 0 Å². The fraction of sp³-hybridized carbons (Fsp3) is 0.0667. The van der Waals surface area contributed by atoms with Crippen LogP contribution in [-0.2, 0) is 0 Å². The predicted molar refractivity (Wildman–Crippen MR) is 157 cm³/mol. The van der Waals surface area contributed by atoms with Crippen LogP contribution in [0.2, 0.25) is 10.0 Å². The Labute approximate surface area is 236 Å². The summed E-state index contributed by atoms with van der Waals surface area (Å²) in [7, 11) is 0. The van der Waals surface area contributed by atoms with E-state index in [1.807, 2.05) is 97.2 Å². The number of aromatic nitrogens is 2. The minimum absolute atomic E-state index is 0.191. The van der Waals surface area contributed by atoms with Crippen LogP contribution in [-0.4, -0.2) is 14.7 Å². The van der Waals surface area contributed by atoms with Gasteiger partial charge in [-0.05, 0) is 91.1 Å². The number of nitrogens with zero attached hydrogens (tertiary/aromatic N) is 3. The number of ether oxygens (including phenoxy) is 1. The van der Waals surface area contributed by atoms with E-state index in [0.29, 0.717) is 15.2 Å². The minimum atomic E-state index is -0.208. The third-order valence-corrected chi connectivity index (χ3v) is 7.30. The normalized spacial score (nSPS) is 16.9. The third-order valence-electron chi connectivity index (χ3n) is 6.44. The second-order valence-electron chi connectivity index (χ2n) is 8.80. The molecule has 1 N–H and O–H groups in total. The van der Waals surface area contributed by atoms with Crippen molar-refractivity contribution in [1.29, 1.82) is 0 Å². The van der Waals surface area contributed by atoms with Crippen molar-refractivity contribution in [2.45, 2.75) is 12.1 Å². The van der Waals surface area contributed by atoms with Gasteiger partial charge >= 0.3 is 0 Å². The van der Waals surface area contributed by atoms with Crippen molar-refractivity contribution in [3.8, 4) is 17.2 Å². The molecule has 0 saturated carbocycles. The average Bonchev–Trinajstić information content (AvgIpc) is 3.54. The Hall–Kier alpha value is -3.84. The molecule has 188 valence electrons. The first-order valence-electron chi connectivity index (χ1n) is 12.0. The van der Waals surface area contributed by atoms with Crippen molar-refractivity contribution in [3.05, 3.63) is 137 Å². The van der Waals surface area contributed by atoms with Crippen LogP contribution in [0.25, 0.3) is 5.69 Å². The summed E-state index contributed by atoms with van der Waals surface area (Å²) in [6.45, 7) is 0. The van der Waals surface area contributed by atoms with Crippen molar-refractivity contribution in [3.63, 3.8) is 0 Å². The molecule has 8 heteroatoms. The van der Waals surface area contributed by atoms with Crippen molar-refractivity contribution in [2.75, 3.05) is 4.90 Å². The Bertz CT molecular complexity index is 1580. The first-order valence-corrected chi connectivity index (χ1v) is 13.2. The van der Waals surface area contributed by atoms with Gasteiger partial charge in [0.25, 0.3) is 0 Å². The number of pyridine rings is 1. The first-order chi connectivity index (χ1) is 18.6. The summed E-state index contributed by atoms with van der Waals surface area (Å²) in [5, 5.41) is 5.27. The van der Waals surface area contributed by atoms with E-state index in [4.69, 9.17) is 40.2 Å². The Morgan fingerprint density at radius 3 is 2.32 bits per heavy atom. The molecule has 38 heavy (non-hydrogen) atoms. The molecule has 6 rings (SSSR count). The highest BCUT2D eigenvalue weighted by molar-refractivity contribution is 7.80. The highest BCUT2D eigenvalue weighted by atomic mass is 35.5. The number of hydrogen-bond donors (Lipinski definition) is 1. The quantitative estimate of drug-likeness (QED) is 0.214. The van der Waals surface area contributed by atoms with Gasteiger partial charge in [0.2, 0.25) is 0 Å². The molecule has 1 aliphatic rings. The molecule has 1 fully saturated rings. The lowest BCUT2D eigenvalue weighted by Gasteiger charge is -2.29. The van der Waals surface area contributed by atoms with Crippen molar-refractivity contribution in [1.82, 2.24) is 14.9 Å². The summed E-state index contributed by atoms with van der Waals surface area (Å²) in [6, 6.07) is 32.7. The van der Waals surface area contributed by atoms with Gasteiger partial charge in [0.1, 0.15) is 17.5 Å². The van der Waals surface area contributed by atoms with Crippen LogP contribution in [0.4, 0.5) is 5.69 Å². The second kappa shape index (κ2) is 10.5. The maximum Gasteiger partial charge on any atom is 0.174 e. The number of hydrogen-bond acceptors (Lipinski definition) is 3. The van der Waals surface area contributed by atoms with Crippen LogP contribution in [0.1, 0.15) is 23.5 Å². The van der Waals surface area contributed by atoms with Gasteiger partial charge in [-0.25, -0.2) is 0 Å². The average molecular weight is 558 g/mol. The Kier molecular flexibility index (Phi) is 6.77. The van der Waals surface area contributed by atoms with E-state index in [-0.39, 0.29) is 12.1 Å². The number of halogens is 2. The van der Waals surface area contributed by atoms with Crippen molar-refractivity contribution in [2.24, 2.45) is 0 Å². The molecule has 3 aromatic carbocycles. The molecule has 3 heterocycles. The molecule has 0 bridgehead atoms. The molecule has 0 aliphatic carbocycles. The maximum absolute atomic E-state index is 6.63. The molecule has 2 atom stereocenters. The van der Waals surface area contributed by atoms with Crippen LogP contribution in [0.15, 0.2) is 116 Å². The van der Waals surface area contributed by atoms with Gasteiger partial charge in [-0.1, -0.05) is 47.5 Å². The number of para-hydroxylation sites is 1. The molecule has 0 amide bonds. The third kappa shape index (κ3) is 4.74. The zero-order chi connectivity index (χ0) is 26.1. The zero-order valence-corrected chi connectivity index (χ0v) is 22.4. The number of rotatable bonds is 6. The summed E-state index contributed by atoms with van der Waals surface area (Å²) in [5.41, 5.74) is 3.66. The van der Waals surface area contributed by atoms with Gasteiger partial charge in [-0.3, -0.25) is 4.98 Å². The van der Waals surface area contributed by atoms with Crippen LogP contribution < -0.4 is 15.0 Å². The summed E-state index contributed by atoms with van der Waals surface area (Å²) in [6.07, 6.45) is 3.79.